The molecule has 0 aromatic rings. The lowest BCUT2D eigenvalue weighted by molar-refractivity contribution is 0.295. The zero-order valence-corrected chi connectivity index (χ0v) is 7.36. The topological polar surface area (TPSA) is 24.1 Å². The summed E-state index contributed by atoms with van der Waals surface area (Å²) in [6, 6.07) is 0.317. The van der Waals surface area contributed by atoms with Crippen molar-refractivity contribution in [1.82, 2.24) is 10.9 Å². The third-order valence-corrected chi connectivity index (χ3v) is 1.47. The molecule has 0 aliphatic heterocycles. The van der Waals surface area contributed by atoms with Crippen LogP contribution in [0.3, 0.4) is 0 Å². The van der Waals surface area contributed by atoms with Gasteiger partial charge in [0.1, 0.15) is 0 Å². The molecule has 1 atom stereocenters. The van der Waals surface area contributed by atoms with Crippen LogP contribution in [-0.2, 0) is 0 Å². The first kappa shape index (κ1) is 9.66. The Hall–Kier alpha value is -0.340. The monoisotopic (exact) mass is 142 g/mol. The molecule has 0 aliphatic carbocycles. The van der Waals surface area contributed by atoms with Gasteiger partial charge in [-0.1, -0.05) is 26.8 Å². The SMILES string of the molecule is C=CC(NNC)C(C)(C)C. The molecule has 2 nitrogen and oxygen atoms in total. The van der Waals surface area contributed by atoms with E-state index in [0.29, 0.717) is 6.04 Å². The molecule has 0 aromatic carbocycles. The summed E-state index contributed by atoms with van der Waals surface area (Å²) in [5.41, 5.74) is 6.24. The highest BCUT2D eigenvalue weighted by Crippen LogP contribution is 2.18. The lowest BCUT2D eigenvalue weighted by Gasteiger charge is -2.28. The molecule has 2 N–H and O–H groups in total. The third-order valence-electron chi connectivity index (χ3n) is 1.47. The Morgan fingerprint density at radius 2 is 1.90 bits per heavy atom. The minimum absolute atomic E-state index is 0.227. The second-order valence-corrected chi connectivity index (χ2v) is 3.47. The van der Waals surface area contributed by atoms with Crippen molar-refractivity contribution in [2.24, 2.45) is 5.41 Å². The summed E-state index contributed by atoms with van der Waals surface area (Å²) in [5, 5.41) is 0. The molecule has 0 heterocycles. The number of hydrazine groups is 1. The van der Waals surface area contributed by atoms with Crippen molar-refractivity contribution < 1.29 is 0 Å². The fourth-order valence-electron chi connectivity index (χ4n) is 0.784. The molecule has 1 unspecified atom stereocenters. The van der Waals surface area contributed by atoms with Crippen molar-refractivity contribution >= 4 is 0 Å². The zero-order chi connectivity index (χ0) is 8.20. The number of rotatable bonds is 3. The maximum Gasteiger partial charge on any atom is 0.0438 e. The third kappa shape index (κ3) is 2.99. The summed E-state index contributed by atoms with van der Waals surface area (Å²) in [7, 11) is 1.86. The summed E-state index contributed by atoms with van der Waals surface area (Å²) in [5.74, 6) is 0. The molecule has 0 aromatic heterocycles. The van der Waals surface area contributed by atoms with Crippen LogP contribution in [0.1, 0.15) is 20.8 Å². The van der Waals surface area contributed by atoms with Crippen LogP contribution in [0.25, 0.3) is 0 Å². The molecule has 0 saturated heterocycles. The first-order valence-electron chi connectivity index (χ1n) is 3.57. The Morgan fingerprint density at radius 3 is 2.00 bits per heavy atom. The van der Waals surface area contributed by atoms with E-state index in [0.717, 1.165) is 0 Å². The van der Waals surface area contributed by atoms with E-state index in [9.17, 15) is 0 Å². The predicted octanol–water partition coefficient (Wildman–Crippen LogP) is 1.31. The molecule has 0 radical (unpaired) electrons. The maximum atomic E-state index is 3.74. The van der Waals surface area contributed by atoms with E-state index >= 15 is 0 Å². The van der Waals surface area contributed by atoms with Gasteiger partial charge in [-0.2, -0.15) is 0 Å². The Labute approximate surface area is 63.7 Å². The second kappa shape index (κ2) is 3.74. The van der Waals surface area contributed by atoms with Gasteiger partial charge in [0.25, 0.3) is 0 Å². The number of nitrogens with one attached hydrogen (secondary N) is 2. The van der Waals surface area contributed by atoms with E-state index in [1.165, 1.54) is 0 Å². The summed E-state index contributed by atoms with van der Waals surface area (Å²) in [6.07, 6.45) is 1.91. The molecule has 10 heavy (non-hydrogen) atoms. The molecule has 0 amide bonds. The van der Waals surface area contributed by atoms with Crippen LogP contribution in [0.4, 0.5) is 0 Å². The van der Waals surface area contributed by atoms with Gasteiger partial charge in [-0.25, -0.2) is 0 Å². The van der Waals surface area contributed by atoms with Gasteiger partial charge >= 0.3 is 0 Å². The van der Waals surface area contributed by atoms with E-state index in [1.807, 2.05) is 13.1 Å². The summed E-state index contributed by atoms with van der Waals surface area (Å²) >= 11 is 0. The van der Waals surface area contributed by atoms with Gasteiger partial charge in [0, 0.05) is 6.04 Å². The van der Waals surface area contributed by atoms with Crippen molar-refractivity contribution in [3.63, 3.8) is 0 Å². The number of hydrogen-bond acceptors (Lipinski definition) is 2. The molecular formula is C8H18N2. The molecule has 0 bridgehead atoms. The molecule has 60 valence electrons. The highest BCUT2D eigenvalue weighted by molar-refractivity contribution is 4.92. The molecule has 2 heteroatoms. The Balaban J connectivity index is 3.93. The van der Waals surface area contributed by atoms with Crippen molar-refractivity contribution in [2.75, 3.05) is 7.05 Å². The normalized spacial score (nSPS) is 14.8. The average molecular weight is 142 g/mol. The molecule has 0 fully saturated rings. The van der Waals surface area contributed by atoms with Crippen molar-refractivity contribution in [1.29, 1.82) is 0 Å². The largest absolute Gasteiger partial charge is 0.260 e. The van der Waals surface area contributed by atoms with Crippen LogP contribution < -0.4 is 10.9 Å². The fraction of sp³-hybridized carbons (Fsp3) is 0.750. The molecule has 0 aliphatic rings. The minimum Gasteiger partial charge on any atom is -0.260 e. The van der Waals surface area contributed by atoms with Crippen LogP contribution in [-0.4, -0.2) is 13.1 Å². The van der Waals surface area contributed by atoms with Crippen LogP contribution in [0.5, 0.6) is 0 Å². The van der Waals surface area contributed by atoms with E-state index in [4.69, 9.17) is 0 Å². The minimum atomic E-state index is 0.227. The van der Waals surface area contributed by atoms with Gasteiger partial charge < -0.3 is 0 Å². The van der Waals surface area contributed by atoms with E-state index in [1.54, 1.807) is 0 Å². The van der Waals surface area contributed by atoms with Gasteiger partial charge in [-0.3, -0.25) is 10.9 Å². The van der Waals surface area contributed by atoms with Gasteiger partial charge in [0.2, 0.25) is 0 Å². The second-order valence-electron chi connectivity index (χ2n) is 3.47. The maximum absolute atomic E-state index is 3.74. The number of hydrogen-bond donors (Lipinski definition) is 2. The molecule has 0 saturated carbocycles. The van der Waals surface area contributed by atoms with Crippen LogP contribution in [0, 0.1) is 5.41 Å². The molecule has 0 rings (SSSR count). The average Bonchev–Trinajstić information content (AvgIpc) is 1.80. The van der Waals surface area contributed by atoms with Crippen LogP contribution in [0.15, 0.2) is 12.7 Å². The first-order valence-corrected chi connectivity index (χ1v) is 3.57. The highest BCUT2D eigenvalue weighted by Gasteiger charge is 2.19. The fourth-order valence-corrected chi connectivity index (χ4v) is 0.784. The summed E-state index contributed by atoms with van der Waals surface area (Å²) in [4.78, 5) is 0. The van der Waals surface area contributed by atoms with Crippen LogP contribution in [0.2, 0.25) is 0 Å². The lowest BCUT2D eigenvalue weighted by atomic mass is 9.87. The van der Waals surface area contributed by atoms with Crippen LogP contribution >= 0.6 is 0 Å². The summed E-state index contributed by atoms with van der Waals surface area (Å²) < 4.78 is 0. The standard InChI is InChI=1S/C8H18N2/c1-6-7(10-9-5)8(2,3)4/h6-7,9-10H,1H2,2-5H3. The molecular weight excluding hydrogens is 124 g/mol. The van der Waals surface area contributed by atoms with Gasteiger partial charge in [-0.05, 0) is 12.5 Å². The first-order chi connectivity index (χ1) is 4.52. The smallest absolute Gasteiger partial charge is 0.0438 e. The van der Waals surface area contributed by atoms with Crippen molar-refractivity contribution in [2.45, 2.75) is 26.8 Å². The van der Waals surface area contributed by atoms with Crippen molar-refractivity contribution in [3.8, 4) is 0 Å². The molecule has 0 spiro atoms. The zero-order valence-electron chi connectivity index (χ0n) is 7.36. The Morgan fingerprint density at radius 1 is 1.40 bits per heavy atom. The van der Waals surface area contributed by atoms with Crippen molar-refractivity contribution in [3.05, 3.63) is 12.7 Å². The Kier molecular flexibility index (Phi) is 3.61. The van der Waals surface area contributed by atoms with E-state index in [-0.39, 0.29) is 5.41 Å². The predicted molar refractivity (Wildman–Crippen MR) is 45.6 cm³/mol. The van der Waals surface area contributed by atoms with Gasteiger partial charge in [0.15, 0.2) is 0 Å². The van der Waals surface area contributed by atoms with Gasteiger partial charge in [0.05, 0.1) is 0 Å². The Bertz CT molecular complexity index is 102. The lowest BCUT2D eigenvalue weighted by Crippen LogP contribution is -2.44. The highest BCUT2D eigenvalue weighted by atomic mass is 15.4. The van der Waals surface area contributed by atoms with E-state index in [2.05, 4.69) is 38.2 Å². The van der Waals surface area contributed by atoms with E-state index < -0.39 is 0 Å². The summed E-state index contributed by atoms with van der Waals surface area (Å²) in [6.45, 7) is 10.3. The van der Waals surface area contributed by atoms with Gasteiger partial charge in [-0.15, -0.1) is 6.58 Å². The quantitative estimate of drug-likeness (QED) is 0.458.